The molecule has 0 aliphatic heterocycles. The summed E-state index contributed by atoms with van der Waals surface area (Å²) in [4.78, 5) is 2.41. The van der Waals surface area contributed by atoms with E-state index in [0.717, 1.165) is 12.8 Å². The van der Waals surface area contributed by atoms with Gasteiger partial charge in [0.2, 0.25) is 0 Å². The molecule has 0 aromatic heterocycles. The number of anilines is 2. The first-order valence-corrected chi connectivity index (χ1v) is 11.8. The van der Waals surface area contributed by atoms with Crippen molar-refractivity contribution in [2.75, 3.05) is 4.90 Å². The molecule has 0 saturated carbocycles. The summed E-state index contributed by atoms with van der Waals surface area (Å²) in [6, 6.07) is 24.3. The third kappa shape index (κ3) is 6.34. The maximum atomic E-state index is 2.41. The standard InChI is InChI=1S/C30H37N/c1-5-7-12-27-22-25(4)23-28(13-8-6-2)30(27)31(29-14-10-9-11-15-29)21-20-26-18-16-24(3)17-19-26/h9-11,14-23H,5-8,12-13H2,1-4H3. The number of nitrogens with zero attached hydrogens (tertiary/aromatic N) is 1. The molecule has 1 heteroatoms. The Bertz CT molecular complexity index is 938. The lowest BCUT2D eigenvalue weighted by Crippen LogP contribution is -2.14. The number of unbranched alkanes of at least 4 members (excludes halogenated alkanes) is 2. The number of rotatable bonds is 10. The first-order chi connectivity index (χ1) is 15.1. The van der Waals surface area contributed by atoms with Gasteiger partial charge in [-0.15, -0.1) is 0 Å². The van der Waals surface area contributed by atoms with Gasteiger partial charge in [-0.05, 0) is 74.4 Å². The van der Waals surface area contributed by atoms with Gasteiger partial charge < -0.3 is 4.90 Å². The summed E-state index contributed by atoms with van der Waals surface area (Å²) in [5.41, 5.74) is 9.41. The largest absolute Gasteiger partial charge is 0.317 e. The van der Waals surface area contributed by atoms with Crippen LogP contribution in [-0.4, -0.2) is 0 Å². The highest BCUT2D eigenvalue weighted by Gasteiger charge is 2.17. The Kier molecular flexibility index (Phi) is 8.53. The van der Waals surface area contributed by atoms with Gasteiger partial charge in [0.1, 0.15) is 0 Å². The Balaban J connectivity index is 2.13. The summed E-state index contributed by atoms with van der Waals surface area (Å²) in [5, 5.41) is 0. The van der Waals surface area contributed by atoms with Crippen molar-refractivity contribution in [2.24, 2.45) is 0 Å². The van der Waals surface area contributed by atoms with E-state index in [1.54, 1.807) is 0 Å². The second-order valence-corrected chi connectivity index (χ2v) is 8.57. The molecule has 0 saturated heterocycles. The van der Waals surface area contributed by atoms with E-state index < -0.39 is 0 Å². The lowest BCUT2D eigenvalue weighted by atomic mass is 9.95. The molecule has 0 unspecified atom stereocenters. The van der Waals surface area contributed by atoms with Gasteiger partial charge in [0.25, 0.3) is 0 Å². The van der Waals surface area contributed by atoms with E-state index in [4.69, 9.17) is 0 Å². The number of hydrogen-bond donors (Lipinski definition) is 0. The molecular weight excluding hydrogens is 374 g/mol. The highest BCUT2D eigenvalue weighted by atomic mass is 15.1. The average molecular weight is 412 g/mol. The molecule has 0 fully saturated rings. The SMILES string of the molecule is CCCCc1cc(C)cc(CCCC)c1N(C=Cc1ccc(C)cc1)c1ccccc1. The molecular formula is C30H37N. The Morgan fingerprint density at radius 3 is 1.84 bits per heavy atom. The fourth-order valence-electron chi connectivity index (χ4n) is 4.08. The van der Waals surface area contributed by atoms with E-state index in [0.29, 0.717) is 0 Å². The summed E-state index contributed by atoms with van der Waals surface area (Å²) in [7, 11) is 0. The van der Waals surface area contributed by atoms with Gasteiger partial charge in [0.15, 0.2) is 0 Å². The van der Waals surface area contributed by atoms with Crippen molar-refractivity contribution < 1.29 is 0 Å². The lowest BCUT2D eigenvalue weighted by Gasteiger charge is -2.28. The second-order valence-electron chi connectivity index (χ2n) is 8.57. The van der Waals surface area contributed by atoms with Crippen LogP contribution in [-0.2, 0) is 12.8 Å². The van der Waals surface area contributed by atoms with Crippen LogP contribution in [0.1, 0.15) is 67.3 Å². The van der Waals surface area contributed by atoms with Crippen LogP contribution in [0.25, 0.3) is 6.08 Å². The quantitative estimate of drug-likeness (QED) is 0.322. The van der Waals surface area contributed by atoms with E-state index in [-0.39, 0.29) is 0 Å². The molecule has 0 aliphatic rings. The van der Waals surface area contributed by atoms with Crippen molar-refractivity contribution in [3.63, 3.8) is 0 Å². The Morgan fingerprint density at radius 1 is 0.710 bits per heavy atom. The molecule has 0 bridgehead atoms. The molecule has 0 spiro atoms. The molecule has 0 aliphatic carbocycles. The number of benzene rings is 3. The zero-order valence-electron chi connectivity index (χ0n) is 19.7. The van der Waals surface area contributed by atoms with Crippen LogP contribution < -0.4 is 4.90 Å². The first kappa shape index (κ1) is 22.9. The Morgan fingerprint density at radius 2 is 1.29 bits per heavy atom. The Labute approximate surface area is 189 Å². The molecule has 1 nitrogen and oxygen atoms in total. The molecule has 0 N–H and O–H groups in total. The maximum Gasteiger partial charge on any atom is 0.0519 e. The summed E-state index contributed by atoms with van der Waals surface area (Å²) in [5.74, 6) is 0. The van der Waals surface area contributed by atoms with Gasteiger partial charge in [-0.25, -0.2) is 0 Å². The van der Waals surface area contributed by atoms with Crippen molar-refractivity contribution in [3.05, 3.63) is 101 Å². The third-order valence-corrected chi connectivity index (χ3v) is 5.78. The minimum atomic E-state index is 1.12. The van der Waals surface area contributed by atoms with Crippen LogP contribution in [0.15, 0.2) is 72.9 Å². The minimum Gasteiger partial charge on any atom is -0.317 e. The fraction of sp³-hybridized carbons (Fsp3) is 0.333. The van der Waals surface area contributed by atoms with Crippen molar-refractivity contribution >= 4 is 17.5 Å². The zero-order chi connectivity index (χ0) is 22.1. The number of para-hydroxylation sites is 1. The van der Waals surface area contributed by atoms with Crippen LogP contribution >= 0.6 is 0 Å². The topological polar surface area (TPSA) is 3.24 Å². The molecule has 162 valence electrons. The second kappa shape index (κ2) is 11.6. The monoisotopic (exact) mass is 411 g/mol. The van der Waals surface area contributed by atoms with Crippen molar-refractivity contribution in [3.8, 4) is 0 Å². The summed E-state index contributed by atoms with van der Waals surface area (Å²) in [6.07, 6.45) is 11.6. The van der Waals surface area contributed by atoms with Gasteiger partial charge in [0, 0.05) is 11.9 Å². The maximum absolute atomic E-state index is 2.41. The molecule has 0 radical (unpaired) electrons. The minimum absolute atomic E-state index is 1.12. The lowest BCUT2D eigenvalue weighted by molar-refractivity contribution is 0.778. The number of hydrogen-bond acceptors (Lipinski definition) is 1. The van der Waals surface area contributed by atoms with Crippen LogP contribution in [0.2, 0.25) is 0 Å². The highest BCUT2D eigenvalue weighted by Crippen LogP contribution is 2.36. The fourth-order valence-corrected chi connectivity index (χ4v) is 4.08. The van der Waals surface area contributed by atoms with E-state index in [1.807, 2.05) is 0 Å². The molecule has 31 heavy (non-hydrogen) atoms. The first-order valence-electron chi connectivity index (χ1n) is 11.8. The normalized spacial score (nSPS) is 11.2. The van der Waals surface area contributed by atoms with Crippen molar-refractivity contribution in [1.29, 1.82) is 0 Å². The van der Waals surface area contributed by atoms with Gasteiger partial charge >= 0.3 is 0 Å². The predicted molar refractivity (Wildman–Crippen MR) is 137 cm³/mol. The summed E-state index contributed by atoms with van der Waals surface area (Å²) < 4.78 is 0. The third-order valence-electron chi connectivity index (χ3n) is 5.78. The van der Waals surface area contributed by atoms with E-state index in [1.165, 1.54) is 64.9 Å². The van der Waals surface area contributed by atoms with Gasteiger partial charge in [0.05, 0.1) is 5.69 Å². The smallest absolute Gasteiger partial charge is 0.0519 e. The summed E-state index contributed by atoms with van der Waals surface area (Å²) in [6.45, 7) is 8.93. The highest BCUT2D eigenvalue weighted by molar-refractivity contribution is 5.75. The van der Waals surface area contributed by atoms with Crippen LogP contribution in [0.5, 0.6) is 0 Å². The van der Waals surface area contributed by atoms with E-state index >= 15 is 0 Å². The molecule has 0 amide bonds. The van der Waals surface area contributed by atoms with Crippen molar-refractivity contribution in [2.45, 2.75) is 66.2 Å². The summed E-state index contributed by atoms with van der Waals surface area (Å²) >= 11 is 0. The molecule has 3 rings (SSSR count). The van der Waals surface area contributed by atoms with E-state index in [2.05, 4.69) is 112 Å². The molecule has 3 aromatic carbocycles. The average Bonchev–Trinajstić information content (AvgIpc) is 2.79. The van der Waals surface area contributed by atoms with Gasteiger partial charge in [-0.2, -0.15) is 0 Å². The van der Waals surface area contributed by atoms with Gasteiger partial charge in [-0.3, -0.25) is 0 Å². The zero-order valence-corrected chi connectivity index (χ0v) is 19.7. The van der Waals surface area contributed by atoms with Crippen LogP contribution in [0, 0.1) is 13.8 Å². The number of aryl methyl sites for hydroxylation is 4. The Hall–Kier alpha value is -2.80. The molecule has 0 atom stereocenters. The predicted octanol–water partition coefficient (Wildman–Crippen LogP) is 8.80. The van der Waals surface area contributed by atoms with Crippen LogP contribution in [0.4, 0.5) is 11.4 Å². The molecule has 0 heterocycles. The van der Waals surface area contributed by atoms with E-state index in [9.17, 15) is 0 Å². The molecule has 3 aromatic rings. The van der Waals surface area contributed by atoms with Crippen LogP contribution in [0.3, 0.4) is 0 Å². The van der Waals surface area contributed by atoms with Crippen molar-refractivity contribution in [1.82, 2.24) is 0 Å². The van der Waals surface area contributed by atoms with Gasteiger partial charge in [-0.1, -0.05) is 92.4 Å².